The second-order valence-corrected chi connectivity index (χ2v) is 4.43. The smallest absolute Gasteiger partial charge is 0.0478 e. The highest BCUT2D eigenvalue weighted by molar-refractivity contribution is 5.44. The van der Waals surface area contributed by atoms with Gasteiger partial charge in [-0.1, -0.05) is 31.5 Å². The van der Waals surface area contributed by atoms with E-state index in [4.69, 9.17) is 0 Å². The van der Waals surface area contributed by atoms with Crippen molar-refractivity contribution in [3.63, 3.8) is 0 Å². The lowest BCUT2D eigenvalue weighted by Gasteiger charge is -2.19. The third kappa shape index (κ3) is 3.92. The molecule has 0 spiro atoms. The van der Waals surface area contributed by atoms with Gasteiger partial charge in [-0.05, 0) is 25.0 Å². The van der Waals surface area contributed by atoms with Gasteiger partial charge in [0.05, 0.1) is 0 Å². The summed E-state index contributed by atoms with van der Waals surface area (Å²) in [5, 5.41) is 12.5. The maximum atomic E-state index is 9.18. The predicted octanol–water partition coefficient (Wildman–Crippen LogP) is 2.67. The molecule has 1 atom stereocenters. The zero-order chi connectivity index (χ0) is 11.3. The van der Waals surface area contributed by atoms with E-state index in [1.54, 1.807) is 0 Å². The van der Waals surface area contributed by atoms with Crippen LogP contribution in [0.1, 0.15) is 19.4 Å². The second kappa shape index (κ2) is 5.76. The molecule has 84 valence electrons. The van der Waals surface area contributed by atoms with Crippen molar-refractivity contribution >= 4 is 5.69 Å². The van der Waals surface area contributed by atoms with Gasteiger partial charge in [0.15, 0.2) is 0 Å². The lowest BCUT2D eigenvalue weighted by Crippen LogP contribution is -2.22. The van der Waals surface area contributed by atoms with Gasteiger partial charge in [-0.2, -0.15) is 0 Å². The number of aliphatic hydroxyl groups excluding tert-OH is 1. The summed E-state index contributed by atoms with van der Waals surface area (Å²) < 4.78 is 0. The molecule has 0 heterocycles. The predicted molar refractivity (Wildman–Crippen MR) is 65.1 cm³/mol. The Morgan fingerprint density at radius 1 is 1.20 bits per heavy atom. The normalized spacial score (nSPS) is 12.9. The third-order valence-corrected chi connectivity index (χ3v) is 2.80. The van der Waals surface area contributed by atoms with Crippen molar-refractivity contribution in [2.75, 3.05) is 18.5 Å². The number of anilines is 1. The van der Waals surface area contributed by atoms with Gasteiger partial charge in [-0.3, -0.25) is 0 Å². The minimum absolute atomic E-state index is 0.247. The van der Waals surface area contributed by atoms with E-state index in [0.29, 0.717) is 11.8 Å². The van der Waals surface area contributed by atoms with E-state index in [0.717, 1.165) is 12.2 Å². The quantitative estimate of drug-likeness (QED) is 0.778. The van der Waals surface area contributed by atoms with E-state index in [9.17, 15) is 5.11 Å². The molecule has 1 aromatic rings. The fourth-order valence-electron chi connectivity index (χ4n) is 1.43. The summed E-state index contributed by atoms with van der Waals surface area (Å²) in [6.45, 7) is 7.43. The lowest BCUT2D eigenvalue weighted by atomic mass is 9.97. The van der Waals surface area contributed by atoms with Crippen molar-refractivity contribution in [1.29, 1.82) is 0 Å². The number of nitrogens with one attached hydrogen (secondary N) is 1. The molecule has 0 amide bonds. The third-order valence-electron chi connectivity index (χ3n) is 2.80. The first-order valence-electron chi connectivity index (χ1n) is 5.55. The summed E-state index contributed by atoms with van der Waals surface area (Å²) in [4.78, 5) is 0. The van der Waals surface area contributed by atoms with Crippen LogP contribution in [-0.2, 0) is 0 Å². The van der Waals surface area contributed by atoms with Gasteiger partial charge in [-0.25, -0.2) is 0 Å². The molecule has 1 aromatic carbocycles. The van der Waals surface area contributed by atoms with Crippen molar-refractivity contribution in [2.24, 2.45) is 11.8 Å². The number of aryl methyl sites for hydroxylation is 1. The Bertz CT molecular complexity index is 279. The molecule has 2 N–H and O–H groups in total. The summed E-state index contributed by atoms with van der Waals surface area (Å²) in [7, 11) is 0. The van der Waals surface area contributed by atoms with E-state index in [2.05, 4.69) is 50.4 Å². The molecule has 0 aliphatic carbocycles. The fourth-order valence-corrected chi connectivity index (χ4v) is 1.43. The zero-order valence-corrected chi connectivity index (χ0v) is 9.83. The van der Waals surface area contributed by atoms with Gasteiger partial charge in [0.25, 0.3) is 0 Å². The maximum Gasteiger partial charge on any atom is 0.0478 e. The van der Waals surface area contributed by atoms with Gasteiger partial charge >= 0.3 is 0 Å². The largest absolute Gasteiger partial charge is 0.396 e. The molecular formula is C13H21NO. The van der Waals surface area contributed by atoms with Crippen LogP contribution >= 0.6 is 0 Å². The molecule has 0 saturated carbocycles. The van der Waals surface area contributed by atoms with Crippen LogP contribution in [0.25, 0.3) is 0 Å². The van der Waals surface area contributed by atoms with E-state index in [-0.39, 0.29) is 6.61 Å². The van der Waals surface area contributed by atoms with Gasteiger partial charge in [0.2, 0.25) is 0 Å². The maximum absolute atomic E-state index is 9.18. The lowest BCUT2D eigenvalue weighted by molar-refractivity contribution is 0.198. The molecule has 0 radical (unpaired) electrons. The van der Waals surface area contributed by atoms with Crippen LogP contribution in [0.3, 0.4) is 0 Å². The van der Waals surface area contributed by atoms with Crippen LogP contribution < -0.4 is 5.32 Å². The highest BCUT2D eigenvalue weighted by Gasteiger charge is 2.11. The first-order chi connectivity index (χ1) is 7.13. The first kappa shape index (κ1) is 12.1. The molecular weight excluding hydrogens is 186 g/mol. The molecule has 2 heteroatoms. The standard InChI is InChI=1S/C13H21NO/c1-10(2)12(9-15)8-14-13-6-4-11(3)5-7-13/h4-7,10,12,14-15H,8-9H2,1-3H3. The molecule has 0 aliphatic heterocycles. The highest BCUT2D eigenvalue weighted by atomic mass is 16.3. The van der Waals surface area contributed by atoms with Gasteiger partial charge < -0.3 is 10.4 Å². The van der Waals surface area contributed by atoms with Crippen molar-refractivity contribution in [3.8, 4) is 0 Å². The van der Waals surface area contributed by atoms with Gasteiger partial charge in [-0.15, -0.1) is 0 Å². The molecule has 1 unspecified atom stereocenters. The molecule has 0 aliphatic rings. The molecule has 1 rings (SSSR count). The van der Waals surface area contributed by atoms with Gasteiger partial charge in [0, 0.05) is 24.8 Å². The Morgan fingerprint density at radius 3 is 2.27 bits per heavy atom. The molecule has 0 fully saturated rings. The SMILES string of the molecule is Cc1ccc(NCC(CO)C(C)C)cc1. The Kier molecular flexibility index (Phi) is 4.63. The molecule has 0 saturated heterocycles. The Morgan fingerprint density at radius 2 is 1.80 bits per heavy atom. The zero-order valence-electron chi connectivity index (χ0n) is 9.83. The van der Waals surface area contributed by atoms with Crippen LogP contribution in [-0.4, -0.2) is 18.3 Å². The minimum Gasteiger partial charge on any atom is -0.396 e. The van der Waals surface area contributed by atoms with Crippen molar-refractivity contribution in [2.45, 2.75) is 20.8 Å². The molecule has 2 nitrogen and oxygen atoms in total. The van der Waals surface area contributed by atoms with E-state index < -0.39 is 0 Å². The van der Waals surface area contributed by atoms with E-state index in [1.165, 1.54) is 5.56 Å². The van der Waals surface area contributed by atoms with Crippen molar-refractivity contribution in [3.05, 3.63) is 29.8 Å². The summed E-state index contributed by atoms with van der Waals surface area (Å²) >= 11 is 0. The number of rotatable bonds is 5. The van der Waals surface area contributed by atoms with Crippen LogP contribution in [0.4, 0.5) is 5.69 Å². The minimum atomic E-state index is 0.247. The van der Waals surface area contributed by atoms with Crippen molar-refractivity contribution in [1.82, 2.24) is 0 Å². The summed E-state index contributed by atoms with van der Waals surface area (Å²) in [6, 6.07) is 8.32. The highest BCUT2D eigenvalue weighted by Crippen LogP contribution is 2.13. The van der Waals surface area contributed by atoms with Crippen LogP contribution in [0.2, 0.25) is 0 Å². The summed E-state index contributed by atoms with van der Waals surface area (Å²) in [5.41, 5.74) is 2.39. The average Bonchev–Trinajstić information content (AvgIpc) is 2.21. The topological polar surface area (TPSA) is 32.3 Å². The van der Waals surface area contributed by atoms with Crippen LogP contribution in [0, 0.1) is 18.8 Å². The van der Waals surface area contributed by atoms with Gasteiger partial charge in [0.1, 0.15) is 0 Å². The van der Waals surface area contributed by atoms with Crippen molar-refractivity contribution < 1.29 is 5.11 Å². The Hall–Kier alpha value is -1.02. The molecule has 15 heavy (non-hydrogen) atoms. The number of hydrogen-bond donors (Lipinski definition) is 2. The molecule has 0 bridgehead atoms. The molecule has 0 aromatic heterocycles. The second-order valence-electron chi connectivity index (χ2n) is 4.43. The summed E-state index contributed by atoms with van der Waals surface area (Å²) in [5.74, 6) is 0.833. The Balaban J connectivity index is 2.45. The van der Waals surface area contributed by atoms with E-state index >= 15 is 0 Å². The number of aliphatic hydroxyl groups is 1. The number of hydrogen-bond acceptors (Lipinski definition) is 2. The fraction of sp³-hybridized carbons (Fsp3) is 0.538. The van der Waals surface area contributed by atoms with Crippen LogP contribution in [0.15, 0.2) is 24.3 Å². The summed E-state index contributed by atoms with van der Waals surface area (Å²) in [6.07, 6.45) is 0. The first-order valence-corrected chi connectivity index (χ1v) is 5.55. The van der Waals surface area contributed by atoms with E-state index in [1.807, 2.05) is 0 Å². The number of benzene rings is 1. The average molecular weight is 207 g/mol. The van der Waals surface area contributed by atoms with Crippen LogP contribution in [0.5, 0.6) is 0 Å². The monoisotopic (exact) mass is 207 g/mol. The Labute approximate surface area is 92.3 Å².